The summed E-state index contributed by atoms with van der Waals surface area (Å²) < 4.78 is 10.4. The van der Waals surface area contributed by atoms with Gasteiger partial charge in [-0.25, -0.2) is 0 Å². The summed E-state index contributed by atoms with van der Waals surface area (Å²) in [5, 5.41) is 11.3. The zero-order chi connectivity index (χ0) is 23.2. The van der Waals surface area contributed by atoms with Crippen molar-refractivity contribution in [3.05, 3.63) is 71.8 Å². The van der Waals surface area contributed by atoms with Gasteiger partial charge >= 0.3 is 0 Å². The van der Waals surface area contributed by atoms with Gasteiger partial charge in [0.05, 0.1) is 25.5 Å². The van der Waals surface area contributed by atoms with Crippen LogP contribution in [0.3, 0.4) is 0 Å². The number of rotatable bonds is 6. The van der Waals surface area contributed by atoms with Gasteiger partial charge in [-0.1, -0.05) is 30.3 Å². The van der Waals surface area contributed by atoms with Gasteiger partial charge in [-0.15, -0.1) is 10.2 Å². The lowest BCUT2D eigenvalue weighted by Crippen LogP contribution is -2.46. The summed E-state index contributed by atoms with van der Waals surface area (Å²) in [7, 11) is 3.08. The van der Waals surface area contributed by atoms with Crippen molar-refractivity contribution >= 4 is 11.8 Å². The average molecular weight is 447 g/mol. The topological polar surface area (TPSA) is 93.7 Å². The summed E-state index contributed by atoms with van der Waals surface area (Å²) in [6, 6.07) is 18.0. The molecule has 0 radical (unpaired) electrons. The lowest BCUT2D eigenvalue weighted by Gasteiger charge is -2.33. The minimum atomic E-state index is -0.166. The molecule has 1 saturated heterocycles. The van der Waals surface area contributed by atoms with Crippen LogP contribution in [0.2, 0.25) is 0 Å². The van der Waals surface area contributed by atoms with Gasteiger partial charge < -0.3 is 19.7 Å². The third-order valence-electron chi connectivity index (χ3n) is 5.75. The molecule has 0 aliphatic carbocycles. The van der Waals surface area contributed by atoms with Gasteiger partial charge in [0.15, 0.2) is 0 Å². The number of methoxy groups -OCH3 is 2. The number of hydrogen-bond acceptors (Lipinski definition) is 6. The standard InChI is InChI=1S/C25H26N4O4/c1-32-22-10-6-5-9-20(22)24(30)26-17-13-15-29(16-14-17)25(31)19-8-4-3-7-18(19)21-11-12-23(33-2)28-27-21/h3-12,17H,13-16H2,1-2H3,(H,26,30). The van der Waals surface area contributed by atoms with Crippen LogP contribution in [0.4, 0.5) is 0 Å². The molecule has 0 atom stereocenters. The van der Waals surface area contributed by atoms with E-state index < -0.39 is 0 Å². The maximum absolute atomic E-state index is 13.3. The first kappa shape index (κ1) is 22.3. The van der Waals surface area contributed by atoms with Crippen molar-refractivity contribution in [1.82, 2.24) is 20.4 Å². The Kier molecular flexibility index (Phi) is 6.83. The Balaban J connectivity index is 1.41. The summed E-state index contributed by atoms with van der Waals surface area (Å²) in [6.45, 7) is 1.11. The first-order chi connectivity index (χ1) is 16.1. The number of amides is 2. The normalized spacial score (nSPS) is 13.9. The third-order valence-corrected chi connectivity index (χ3v) is 5.75. The highest BCUT2D eigenvalue weighted by Gasteiger charge is 2.27. The maximum Gasteiger partial charge on any atom is 0.255 e. The monoisotopic (exact) mass is 446 g/mol. The van der Waals surface area contributed by atoms with Gasteiger partial charge in [0.2, 0.25) is 5.88 Å². The van der Waals surface area contributed by atoms with Gasteiger partial charge in [0.1, 0.15) is 5.75 Å². The predicted molar refractivity (Wildman–Crippen MR) is 123 cm³/mol. The minimum absolute atomic E-state index is 0.00541. The molecule has 0 spiro atoms. The van der Waals surface area contributed by atoms with Gasteiger partial charge in [-0.3, -0.25) is 9.59 Å². The van der Waals surface area contributed by atoms with Crippen molar-refractivity contribution in [3.63, 3.8) is 0 Å². The van der Waals surface area contributed by atoms with E-state index in [1.807, 2.05) is 35.2 Å². The number of nitrogens with one attached hydrogen (secondary N) is 1. The molecule has 33 heavy (non-hydrogen) atoms. The summed E-state index contributed by atoms with van der Waals surface area (Å²) in [6.07, 6.45) is 1.36. The summed E-state index contributed by atoms with van der Waals surface area (Å²) in [4.78, 5) is 27.8. The minimum Gasteiger partial charge on any atom is -0.496 e. The number of hydrogen-bond donors (Lipinski definition) is 1. The second-order valence-electron chi connectivity index (χ2n) is 7.75. The highest BCUT2D eigenvalue weighted by molar-refractivity contribution is 6.00. The molecule has 8 nitrogen and oxygen atoms in total. The largest absolute Gasteiger partial charge is 0.496 e. The smallest absolute Gasteiger partial charge is 0.255 e. The molecule has 1 aliphatic rings. The molecular weight excluding hydrogens is 420 g/mol. The van der Waals surface area contributed by atoms with Crippen molar-refractivity contribution in [2.45, 2.75) is 18.9 Å². The van der Waals surface area contributed by atoms with E-state index in [9.17, 15) is 9.59 Å². The fraction of sp³-hybridized carbons (Fsp3) is 0.280. The number of aromatic nitrogens is 2. The molecule has 170 valence electrons. The number of carbonyl (C=O) groups excluding carboxylic acids is 2. The first-order valence-corrected chi connectivity index (χ1v) is 10.8. The van der Waals surface area contributed by atoms with Crippen molar-refractivity contribution in [2.75, 3.05) is 27.3 Å². The molecule has 1 aliphatic heterocycles. The Bertz CT molecular complexity index is 1130. The summed E-state index contributed by atoms with van der Waals surface area (Å²) >= 11 is 0. The van der Waals surface area contributed by atoms with Crippen LogP contribution in [0.1, 0.15) is 33.6 Å². The van der Waals surface area contributed by atoms with Gasteiger partial charge in [0.25, 0.3) is 11.8 Å². The zero-order valence-electron chi connectivity index (χ0n) is 18.7. The molecular formula is C25H26N4O4. The van der Waals surface area contributed by atoms with E-state index in [0.29, 0.717) is 54.4 Å². The van der Waals surface area contributed by atoms with Crippen molar-refractivity contribution < 1.29 is 19.1 Å². The Labute approximate surface area is 192 Å². The molecule has 1 N–H and O–H groups in total. The van der Waals surface area contributed by atoms with E-state index in [1.165, 1.54) is 7.11 Å². The lowest BCUT2D eigenvalue weighted by molar-refractivity contribution is 0.0698. The number of carbonyl (C=O) groups is 2. The van der Waals surface area contributed by atoms with E-state index in [4.69, 9.17) is 9.47 Å². The van der Waals surface area contributed by atoms with Crippen molar-refractivity contribution in [2.24, 2.45) is 0 Å². The van der Waals surface area contributed by atoms with Crippen LogP contribution in [0.25, 0.3) is 11.3 Å². The van der Waals surface area contributed by atoms with Gasteiger partial charge in [0, 0.05) is 36.3 Å². The molecule has 0 saturated carbocycles. The van der Waals surface area contributed by atoms with Crippen LogP contribution >= 0.6 is 0 Å². The summed E-state index contributed by atoms with van der Waals surface area (Å²) in [5.41, 5.74) is 2.42. The maximum atomic E-state index is 13.3. The van der Waals surface area contributed by atoms with E-state index in [0.717, 1.165) is 5.56 Å². The fourth-order valence-corrected chi connectivity index (χ4v) is 3.96. The van der Waals surface area contributed by atoms with E-state index in [-0.39, 0.29) is 17.9 Å². The molecule has 3 aromatic rings. The predicted octanol–water partition coefficient (Wildman–Crippen LogP) is 3.20. The van der Waals surface area contributed by atoms with E-state index in [2.05, 4.69) is 15.5 Å². The van der Waals surface area contributed by atoms with Crippen LogP contribution in [-0.4, -0.2) is 60.3 Å². The molecule has 1 fully saturated rings. The quantitative estimate of drug-likeness (QED) is 0.625. The van der Waals surface area contributed by atoms with Crippen molar-refractivity contribution in [1.29, 1.82) is 0 Å². The van der Waals surface area contributed by atoms with Crippen LogP contribution in [0.15, 0.2) is 60.7 Å². The number of ether oxygens (including phenoxy) is 2. The number of piperidine rings is 1. The number of likely N-dealkylation sites (tertiary alicyclic amines) is 1. The molecule has 2 amide bonds. The Morgan fingerprint density at radius 3 is 2.24 bits per heavy atom. The van der Waals surface area contributed by atoms with Crippen molar-refractivity contribution in [3.8, 4) is 22.9 Å². The molecule has 0 bridgehead atoms. The van der Waals surface area contributed by atoms with Crippen LogP contribution in [-0.2, 0) is 0 Å². The molecule has 2 heterocycles. The van der Waals surface area contributed by atoms with Gasteiger partial charge in [-0.2, -0.15) is 0 Å². The van der Waals surface area contributed by atoms with Crippen LogP contribution < -0.4 is 14.8 Å². The number of benzene rings is 2. The second kappa shape index (κ2) is 10.1. The highest BCUT2D eigenvalue weighted by Crippen LogP contribution is 2.25. The third kappa shape index (κ3) is 4.95. The number of para-hydroxylation sites is 1. The zero-order valence-corrected chi connectivity index (χ0v) is 18.7. The lowest BCUT2D eigenvalue weighted by atomic mass is 10.00. The van der Waals surface area contributed by atoms with Crippen LogP contribution in [0, 0.1) is 0 Å². The first-order valence-electron chi connectivity index (χ1n) is 10.8. The number of nitrogens with zero attached hydrogens (tertiary/aromatic N) is 3. The summed E-state index contributed by atoms with van der Waals surface area (Å²) in [5.74, 6) is 0.735. The van der Waals surface area contributed by atoms with Crippen LogP contribution in [0.5, 0.6) is 11.6 Å². The molecule has 8 heteroatoms. The molecule has 2 aromatic carbocycles. The van der Waals surface area contributed by atoms with E-state index in [1.54, 1.807) is 37.4 Å². The molecule has 0 unspecified atom stereocenters. The van der Waals surface area contributed by atoms with Gasteiger partial charge in [-0.05, 0) is 37.1 Å². The SMILES string of the molecule is COc1ccc(-c2ccccc2C(=O)N2CCC(NC(=O)c3ccccc3OC)CC2)nn1. The average Bonchev–Trinajstić information content (AvgIpc) is 2.88. The Morgan fingerprint density at radius 1 is 0.879 bits per heavy atom. The second-order valence-corrected chi connectivity index (χ2v) is 7.75. The molecule has 1 aromatic heterocycles. The Hall–Kier alpha value is -3.94. The highest BCUT2D eigenvalue weighted by atomic mass is 16.5. The van der Waals surface area contributed by atoms with E-state index >= 15 is 0 Å². The fourth-order valence-electron chi connectivity index (χ4n) is 3.96. The molecule has 4 rings (SSSR count). The Morgan fingerprint density at radius 2 is 1.58 bits per heavy atom.